The largest absolute Gasteiger partial charge is 0.369 e. The summed E-state index contributed by atoms with van der Waals surface area (Å²) in [6.07, 6.45) is 2.48. The minimum absolute atomic E-state index is 0.0536. The fourth-order valence-electron chi connectivity index (χ4n) is 1.33. The van der Waals surface area contributed by atoms with Gasteiger partial charge in [-0.05, 0) is 13.0 Å². The lowest BCUT2D eigenvalue weighted by Gasteiger charge is -2.08. The van der Waals surface area contributed by atoms with Crippen molar-refractivity contribution in [2.24, 2.45) is 0 Å². The van der Waals surface area contributed by atoms with Gasteiger partial charge >= 0.3 is 0 Å². The van der Waals surface area contributed by atoms with E-state index in [0.29, 0.717) is 12.4 Å². The number of pyridine rings is 1. The Morgan fingerprint density at radius 1 is 1.47 bits per heavy atom. The predicted octanol–water partition coefficient (Wildman–Crippen LogP) is 1.96. The third-order valence-corrected chi connectivity index (χ3v) is 3.76. The number of sulfonamides is 1. The highest BCUT2D eigenvalue weighted by molar-refractivity contribution is 7.92. The van der Waals surface area contributed by atoms with Crippen LogP contribution in [0.3, 0.4) is 0 Å². The molecule has 0 atom stereocenters. The Morgan fingerprint density at radius 3 is 2.84 bits per heavy atom. The monoisotopic (exact) mass is 302 g/mol. The zero-order chi connectivity index (χ0) is 13.9. The number of halogens is 1. The summed E-state index contributed by atoms with van der Waals surface area (Å²) in [5.41, 5.74) is 0. The molecule has 2 heterocycles. The van der Waals surface area contributed by atoms with Gasteiger partial charge in [0.25, 0.3) is 10.0 Å². The summed E-state index contributed by atoms with van der Waals surface area (Å²) in [6.45, 7) is 2.52. The van der Waals surface area contributed by atoms with E-state index in [1.54, 1.807) is 0 Å². The van der Waals surface area contributed by atoms with E-state index in [4.69, 9.17) is 11.6 Å². The molecule has 9 heteroatoms. The zero-order valence-corrected chi connectivity index (χ0v) is 11.5. The van der Waals surface area contributed by atoms with Gasteiger partial charge in [-0.15, -0.1) is 0 Å². The zero-order valence-electron chi connectivity index (χ0n) is 9.92. The van der Waals surface area contributed by atoms with Gasteiger partial charge < -0.3 is 9.84 Å². The van der Waals surface area contributed by atoms with Crippen LogP contribution in [-0.2, 0) is 10.0 Å². The summed E-state index contributed by atoms with van der Waals surface area (Å²) in [5, 5.41) is 6.61. The maximum absolute atomic E-state index is 12.0. The first kappa shape index (κ1) is 13.6. The summed E-state index contributed by atoms with van der Waals surface area (Å²) in [4.78, 5) is 3.90. The van der Waals surface area contributed by atoms with Gasteiger partial charge in [-0.3, -0.25) is 4.72 Å². The van der Waals surface area contributed by atoms with Crippen LogP contribution in [0.4, 0.5) is 11.6 Å². The van der Waals surface area contributed by atoms with Crippen molar-refractivity contribution in [1.82, 2.24) is 10.1 Å². The van der Waals surface area contributed by atoms with E-state index in [0.717, 1.165) is 0 Å². The molecule has 7 nitrogen and oxygen atoms in total. The van der Waals surface area contributed by atoms with E-state index in [2.05, 4.69) is 24.7 Å². The topological polar surface area (TPSA) is 97.1 Å². The maximum atomic E-state index is 12.0. The quantitative estimate of drug-likeness (QED) is 0.876. The second kappa shape index (κ2) is 5.45. The van der Waals surface area contributed by atoms with Crippen LogP contribution in [0.2, 0.25) is 5.02 Å². The van der Waals surface area contributed by atoms with Crippen LogP contribution in [0.15, 0.2) is 34.0 Å². The molecule has 2 rings (SSSR count). The van der Waals surface area contributed by atoms with E-state index < -0.39 is 10.0 Å². The molecule has 0 spiro atoms. The predicted molar refractivity (Wildman–Crippen MR) is 70.7 cm³/mol. The molecule has 0 aromatic carbocycles. The lowest BCUT2D eigenvalue weighted by atomic mass is 10.4. The average Bonchev–Trinajstić information content (AvgIpc) is 2.84. The molecule has 0 amide bonds. The third-order valence-electron chi connectivity index (χ3n) is 2.15. The molecule has 0 saturated heterocycles. The highest BCUT2D eigenvalue weighted by atomic mass is 35.5. The molecule has 2 N–H and O–H groups in total. The van der Waals surface area contributed by atoms with Crippen LogP contribution in [0.5, 0.6) is 0 Å². The van der Waals surface area contributed by atoms with Crippen molar-refractivity contribution in [2.45, 2.75) is 11.8 Å². The molecule has 2 aromatic heterocycles. The Kier molecular flexibility index (Phi) is 3.91. The average molecular weight is 303 g/mol. The Balaban J connectivity index is 2.28. The van der Waals surface area contributed by atoms with E-state index in [-0.39, 0.29) is 15.7 Å². The molecular weight excluding hydrogens is 292 g/mol. The standard InChI is InChI=1S/C10H11ClN4O3S/c1-2-12-10-8(11)5-7(6-13-10)19(16,17)15-9-3-4-18-14-9/h3-6H,2H2,1H3,(H,12,13)(H,14,15). The molecule has 0 fully saturated rings. The fraction of sp³-hybridized carbons (Fsp3) is 0.200. The van der Waals surface area contributed by atoms with Gasteiger partial charge in [0.15, 0.2) is 5.82 Å². The van der Waals surface area contributed by atoms with Gasteiger partial charge in [0.05, 0.1) is 5.02 Å². The maximum Gasteiger partial charge on any atom is 0.264 e. The third kappa shape index (κ3) is 3.15. The molecule has 0 saturated carbocycles. The van der Waals surface area contributed by atoms with Gasteiger partial charge in [0.1, 0.15) is 17.0 Å². The number of nitrogens with zero attached hydrogens (tertiary/aromatic N) is 2. The molecule has 0 radical (unpaired) electrons. The molecular formula is C10H11ClN4O3S. The normalized spacial score (nSPS) is 11.3. The van der Waals surface area contributed by atoms with Crippen molar-refractivity contribution in [2.75, 3.05) is 16.6 Å². The summed E-state index contributed by atoms with van der Waals surface area (Å²) >= 11 is 5.94. The SMILES string of the molecule is CCNc1ncc(S(=O)(=O)Nc2ccon2)cc1Cl. The number of aromatic nitrogens is 2. The van der Waals surface area contributed by atoms with Crippen molar-refractivity contribution in [3.05, 3.63) is 29.6 Å². The first-order chi connectivity index (χ1) is 9.03. The van der Waals surface area contributed by atoms with Crippen molar-refractivity contribution in [3.63, 3.8) is 0 Å². The Morgan fingerprint density at radius 2 is 2.26 bits per heavy atom. The Labute approximate surface area is 115 Å². The van der Waals surface area contributed by atoms with E-state index >= 15 is 0 Å². The highest BCUT2D eigenvalue weighted by Crippen LogP contribution is 2.23. The number of nitrogens with one attached hydrogen (secondary N) is 2. The summed E-state index contributed by atoms with van der Waals surface area (Å²) in [5.74, 6) is 0.524. The van der Waals surface area contributed by atoms with Gasteiger partial charge in [-0.25, -0.2) is 13.4 Å². The molecule has 0 bridgehead atoms. The van der Waals surface area contributed by atoms with Crippen molar-refractivity contribution >= 4 is 33.3 Å². The first-order valence-electron chi connectivity index (χ1n) is 5.35. The Hall–Kier alpha value is -1.80. The summed E-state index contributed by atoms with van der Waals surface area (Å²) < 4.78 is 30.8. The second-order valence-electron chi connectivity index (χ2n) is 3.52. The van der Waals surface area contributed by atoms with Crippen LogP contribution in [-0.4, -0.2) is 25.1 Å². The molecule has 19 heavy (non-hydrogen) atoms. The van der Waals surface area contributed by atoms with Crippen LogP contribution in [0, 0.1) is 0 Å². The molecule has 0 unspecified atom stereocenters. The van der Waals surface area contributed by atoms with Gasteiger partial charge in [0, 0.05) is 18.8 Å². The Bertz CT molecular complexity index is 657. The number of anilines is 2. The highest BCUT2D eigenvalue weighted by Gasteiger charge is 2.17. The first-order valence-corrected chi connectivity index (χ1v) is 7.21. The molecule has 0 aliphatic rings. The minimum atomic E-state index is -3.78. The number of hydrogen-bond donors (Lipinski definition) is 2. The van der Waals surface area contributed by atoms with Crippen molar-refractivity contribution in [1.29, 1.82) is 0 Å². The van der Waals surface area contributed by atoms with Gasteiger partial charge in [-0.2, -0.15) is 0 Å². The van der Waals surface area contributed by atoms with Crippen LogP contribution in [0.1, 0.15) is 6.92 Å². The molecule has 0 aliphatic heterocycles. The molecule has 0 aliphatic carbocycles. The minimum Gasteiger partial charge on any atom is -0.369 e. The smallest absolute Gasteiger partial charge is 0.264 e. The molecule has 2 aromatic rings. The fourth-order valence-corrected chi connectivity index (χ4v) is 2.59. The van der Waals surface area contributed by atoms with Crippen molar-refractivity contribution < 1.29 is 12.9 Å². The van der Waals surface area contributed by atoms with Crippen LogP contribution >= 0.6 is 11.6 Å². The van der Waals surface area contributed by atoms with Gasteiger partial charge in [0.2, 0.25) is 0 Å². The summed E-state index contributed by atoms with van der Waals surface area (Å²) in [7, 11) is -3.78. The van der Waals surface area contributed by atoms with Crippen LogP contribution < -0.4 is 10.0 Å². The number of rotatable bonds is 5. The van der Waals surface area contributed by atoms with Gasteiger partial charge in [-0.1, -0.05) is 16.8 Å². The lowest BCUT2D eigenvalue weighted by Crippen LogP contribution is -2.14. The second-order valence-corrected chi connectivity index (χ2v) is 5.61. The van der Waals surface area contributed by atoms with E-state index in [1.165, 1.54) is 24.6 Å². The van der Waals surface area contributed by atoms with E-state index in [1.807, 2.05) is 6.92 Å². The number of hydrogen-bond acceptors (Lipinski definition) is 6. The summed E-state index contributed by atoms with van der Waals surface area (Å²) in [6, 6.07) is 2.70. The van der Waals surface area contributed by atoms with Crippen molar-refractivity contribution in [3.8, 4) is 0 Å². The van der Waals surface area contributed by atoms with E-state index in [9.17, 15) is 8.42 Å². The molecule has 102 valence electrons. The van der Waals surface area contributed by atoms with Crippen LogP contribution in [0.25, 0.3) is 0 Å². The lowest BCUT2D eigenvalue weighted by molar-refractivity contribution is 0.423.